The highest BCUT2D eigenvalue weighted by atomic mass is 16.5. The van der Waals surface area contributed by atoms with E-state index in [1.54, 1.807) is 20.1 Å². The predicted molar refractivity (Wildman–Crippen MR) is 41.3 cm³/mol. The minimum Gasteiger partial charge on any atom is -0.481 e. The molecule has 0 unspecified atom stereocenters. The Morgan fingerprint density at radius 3 is 2.82 bits per heavy atom. The van der Waals surface area contributed by atoms with E-state index in [1.807, 2.05) is 0 Å². The number of hydrogen-bond acceptors (Lipinski definition) is 3. The first-order valence-corrected chi connectivity index (χ1v) is 3.12. The van der Waals surface area contributed by atoms with Crippen LogP contribution in [0.3, 0.4) is 0 Å². The SMILES string of the molecule is C#Cc1cc(OC)nc(C)n1. The molecule has 0 saturated carbocycles. The van der Waals surface area contributed by atoms with Crippen molar-refractivity contribution in [3.63, 3.8) is 0 Å². The summed E-state index contributed by atoms with van der Waals surface area (Å²) >= 11 is 0. The fourth-order valence-electron chi connectivity index (χ4n) is 0.719. The quantitative estimate of drug-likeness (QED) is 0.552. The maximum Gasteiger partial charge on any atom is 0.217 e. The summed E-state index contributed by atoms with van der Waals surface area (Å²) in [5.41, 5.74) is 0.550. The number of aryl methyl sites for hydroxylation is 1. The fraction of sp³-hybridized carbons (Fsp3) is 0.250. The molecule has 1 aromatic heterocycles. The minimum absolute atomic E-state index is 0.505. The highest BCUT2D eigenvalue weighted by Gasteiger charge is 1.97. The van der Waals surface area contributed by atoms with Crippen LogP contribution in [0.1, 0.15) is 11.5 Å². The lowest BCUT2D eigenvalue weighted by molar-refractivity contribution is 0.395. The van der Waals surface area contributed by atoms with Gasteiger partial charge in [0.05, 0.1) is 7.11 Å². The van der Waals surface area contributed by atoms with Crippen molar-refractivity contribution < 1.29 is 4.74 Å². The molecule has 0 fully saturated rings. The van der Waals surface area contributed by atoms with Gasteiger partial charge in [0.25, 0.3) is 0 Å². The van der Waals surface area contributed by atoms with Gasteiger partial charge in [-0.2, -0.15) is 4.98 Å². The summed E-state index contributed by atoms with van der Waals surface area (Å²) in [6.07, 6.45) is 5.15. The molecule has 0 N–H and O–H groups in total. The van der Waals surface area contributed by atoms with Crippen molar-refractivity contribution in [3.05, 3.63) is 17.6 Å². The number of rotatable bonds is 1. The second-order valence-corrected chi connectivity index (χ2v) is 1.99. The number of terminal acetylenes is 1. The van der Waals surface area contributed by atoms with Crippen LogP contribution in [0.5, 0.6) is 5.88 Å². The molecule has 3 heteroatoms. The summed E-state index contributed by atoms with van der Waals surface area (Å²) in [5.74, 6) is 3.54. The zero-order valence-corrected chi connectivity index (χ0v) is 6.46. The summed E-state index contributed by atoms with van der Waals surface area (Å²) in [6, 6.07) is 1.62. The lowest BCUT2D eigenvalue weighted by Gasteiger charge is -1.99. The average Bonchev–Trinajstić information content (AvgIpc) is 2.03. The lowest BCUT2D eigenvalue weighted by Crippen LogP contribution is -1.95. The molecule has 0 spiro atoms. The van der Waals surface area contributed by atoms with Gasteiger partial charge >= 0.3 is 0 Å². The Hall–Kier alpha value is -1.56. The van der Waals surface area contributed by atoms with E-state index >= 15 is 0 Å². The largest absolute Gasteiger partial charge is 0.481 e. The maximum absolute atomic E-state index is 5.15. The van der Waals surface area contributed by atoms with E-state index in [4.69, 9.17) is 11.2 Å². The highest BCUT2D eigenvalue weighted by molar-refractivity contribution is 5.28. The van der Waals surface area contributed by atoms with Crippen LogP contribution < -0.4 is 4.74 Å². The average molecular weight is 148 g/mol. The molecule has 0 aliphatic carbocycles. The van der Waals surface area contributed by atoms with Crippen LogP contribution in [0, 0.1) is 19.3 Å². The second kappa shape index (κ2) is 3.02. The van der Waals surface area contributed by atoms with Crippen LogP contribution in [-0.4, -0.2) is 17.1 Å². The number of methoxy groups -OCH3 is 1. The summed E-state index contributed by atoms with van der Waals surface area (Å²) in [6.45, 7) is 1.77. The fourth-order valence-corrected chi connectivity index (χ4v) is 0.719. The zero-order chi connectivity index (χ0) is 8.27. The summed E-state index contributed by atoms with van der Waals surface area (Å²) in [7, 11) is 1.54. The molecule has 1 aromatic rings. The van der Waals surface area contributed by atoms with Crippen LogP contribution in [-0.2, 0) is 0 Å². The second-order valence-electron chi connectivity index (χ2n) is 1.99. The van der Waals surface area contributed by atoms with E-state index in [0.29, 0.717) is 17.4 Å². The molecule has 1 rings (SSSR count). The van der Waals surface area contributed by atoms with Crippen molar-refractivity contribution in [2.45, 2.75) is 6.92 Å². The van der Waals surface area contributed by atoms with E-state index in [2.05, 4.69) is 15.9 Å². The van der Waals surface area contributed by atoms with Gasteiger partial charge < -0.3 is 4.74 Å². The van der Waals surface area contributed by atoms with Gasteiger partial charge in [-0.3, -0.25) is 0 Å². The number of hydrogen-bond donors (Lipinski definition) is 0. The predicted octanol–water partition coefficient (Wildman–Crippen LogP) is 0.775. The maximum atomic E-state index is 5.15. The monoisotopic (exact) mass is 148 g/mol. The van der Waals surface area contributed by atoms with Crippen LogP contribution in [0.4, 0.5) is 0 Å². The van der Waals surface area contributed by atoms with Crippen molar-refractivity contribution in [3.8, 4) is 18.2 Å². The van der Waals surface area contributed by atoms with Gasteiger partial charge in [0.15, 0.2) is 0 Å². The van der Waals surface area contributed by atoms with E-state index in [1.165, 1.54) is 0 Å². The van der Waals surface area contributed by atoms with Gasteiger partial charge in [-0.05, 0) is 12.8 Å². The molecule has 56 valence electrons. The van der Waals surface area contributed by atoms with Gasteiger partial charge in [-0.15, -0.1) is 6.42 Å². The van der Waals surface area contributed by atoms with Gasteiger partial charge in [0, 0.05) is 6.07 Å². The first-order chi connectivity index (χ1) is 5.26. The Morgan fingerprint density at radius 1 is 1.55 bits per heavy atom. The van der Waals surface area contributed by atoms with Crippen molar-refractivity contribution in [2.75, 3.05) is 7.11 Å². The molecule has 0 atom stereocenters. The van der Waals surface area contributed by atoms with Crippen molar-refractivity contribution >= 4 is 0 Å². The topological polar surface area (TPSA) is 35.0 Å². The van der Waals surface area contributed by atoms with Gasteiger partial charge in [-0.1, -0.05) is 0 Å². The smallest absolute Gasteiger partial charge is 0.217 e. The van der Waals surface area contributed by atoms with Crippen LogP contribution >= 0.6 is 0 Å². The van der Waals surface area contributed by atoms with E-state index < -0.39 is 0 Å². The van der Waals surface area contributed by atoms with Crippen LogP contribution in [0.2, 0.25) is 0 Å². The highest BCUT2D eigenvalue weighted by Crippen LogP contribution is 2.06. The van der Waals surface area contributed by atoms with E-state index in [0.717, 1.165) is 0 Å². The molecular weight excluding hydrogens is 140 g/mol. The number of nitrogens with zero attached hydrogens (tertiary/aromatic N) is 2. The Bertz CT molecular complexity index is 301. The first kappa shape index (κ1) is 7.55. The molecule has 0 bridgehead atoms. The third kappa shape index (κ3) is 1.68. The Morgan fingerprint density at radius 2 is 2.27 bits per heavy atom. The van der Waals surface area contributed by atoms with Crippen LogP contribution in [0.25, 0.3) is 0 Å². The molecule has 0 aromatic carbocycles. The normalized spacial score (nSPS) is 8.82. The standard InChI is InChI=1S/C8H8N2O/c1-4-7-5-8(11-3)10-6(2)9-7/h1,5H,2-3H3. The molecule has 0 saturated heterocycles. The third-order valence-electron chi connectivity index (χ3n) is 1.17. The lowest BCUT2D eigenvalue weighted by atomic mass is 10.4. The number of ether oxygens (including phenoxy) is 1. The molecule has 3 nitrogen and oxygen atoms in total. The molecule has 0 aliphatic rings. The third-order valence-corrected chi connectivity index (χ3v) is 1.17. The molecule has 0 aliphatic heterocycles. The summed E-state index contributed by atoms with van der Waals surface area (Å²) < 4.78 is 4.89. The van der Waals surface area contributed by atoms with Gasteiger partial charge in [0.2, 0.25) is 5.88 Å². The molecule has 1 heterocycles. The Kier molecular flexibility index (Phi) is 2.07. The van der Waals surface area contributed by atoms with Crippen molar-refractivity contribution in [1.29, 1.82) is 0 Å². The van der Waals surface area contributed by atoms with Crippen molar-refractivity contribution in [2.24, 2.45) is 0 Å². The van der Waals surface area contributed by atoms with Crippen LogP contribution in [0.15, 0.2) is 6.07 Å². The van der Waals surface area contributed by atoms with E-state index in [-0.39, 0.29) is 0 Å². The molecule has 0 amide bonds. The summed E-state index contributed by atoms with van der Waals surface area (Å²) in [5, 5.41) is 0. The molecule has 11 heavy (non-hydrogen) atoms. The summed E-state index contributed by atoms with van der Waals surface area (Å²) in [4.78, 5) is 7.94. The zero-order valence-electron chi connectivity index (χ0n) is 6.46. The Balaban J connectivity index is 3.15. The van der Waals surface area contributed by atoms with Gasteiger partial charge in [-0.25, -0.2) is 4.98 Å². The van der Waals surface area contributed by atoms with Gasteiger partial charge in [0.1, 0.15) is 11.5 Å². The molecule has 0 radical (unpaired) electrons. The Labute approximate surface area is 65.4 Å². The molecular formula is C8H8N2O. The minimum atomic E-state index is 0.505. The van der Waals surface area contributed by atoms with E-state index in [9.17, 15) is 0 Å². The number of aromatic nitrogens is 2. The first-order valence-electron chi connectivity index (χ1n) is 3.12. The van der Waals surface area contributed by atoms with Crippen molar-refractivity contribution in [1.82, 2.24) is 9.97 Å².